The minimum atomic E-state index is -0.657. The molecule has 0 spiro atoms. The Kier molecular flexibility index (Phi) is 3.46. The average molecular weight is 179 g/mol. The average Bonchev–Trinajstić information content (AvgIpc) is 2.04. The molecule has 0 aliphatic rings. The van der Waals surface area contributed by atoms with Gasteiger partial charge in [-0.1, -0.05) is 30.3 Å². The first kappa shape index (κ1) is 10.2. The fourth-order valence-corrected chi connectivity index (χ4v) is 1.48. The van der Waals surface area contributed by atoms with Crippen LogP contribution in [0, 0.1) is 0 Å². The molecule has 1 atom stereocenters. The molecule has 0 saturated carbocycles. The summed E-state index contributed by atoms with van der Waals surface area (Å²) in [7, 11) is 1.85. The molecule has 0 radical (unpaired) electrons. The van der Waals surface area contributed by atoms with E-state index < -0.39 is 5.60 Å². The Morgan fingerprint density at radius 2 is 1.92 bits per heavy atom. The molecule has 13 heavy (non-hydrogen) atoms. The molecule has 2 N–H and O–H groups in total. The van der Waals surface area contributed by atoms with Crippen LogP contribution < -0.4 is 5.32 Å². The molecule has 0 aliphatic heterocycles. The Labute approximate surface area is 79.6 Å². The van der Waals surface area contributed by atoms with E-state index in [0.29, 0.717) is 13.0 Å². The van der Waals surface area contributed by atoms with Gasteiger partial charge in [-0.05, 0) is 19.5 Å². The summed E-state index contributed by atoms with van der Waals surface area (Å²) < 4.78 is 0. The summed E-state index contributed by atoms with van der Waals surface area (Å²) in [6.07, 6.45) is 0.689. The zero-order valence-electron chi connectivity index (χ0n) is 8.25. The van der Waals surface area contributed by atoms with Crippen LogP contribution in [0.2, 0.25) is 0 Å². The zero-order valence-corrected chi connectivity index (χ0v) is 8.25. The molecule has 1 rings (SSSR count). The maximum absolute atomic E-state index is 9.91. The summed E-state index contributed by atoms with van der Waals surface area (Å²) in [6.45, 7) is 2.46. The highest BCUT2D eigenvalue weighted by atomic mass is 16.3. The molecule has 1 unspecified atom stereocenters. The molecule has 0 heterocycles. The minimum absolute atomic E-state index is 0.613. The van der Waals surface area contributed by atoms with E-state index in [0.717, 1.165) is 0 Å². The molecule has 0 bridgehead atoms. The molecule has 0 aromatic heterocycles. The highest BCUT2D eigenvalue weighted by molar-refractivity contribution is 5.16. The van der Waals surface area contributed by atoms with E-state index >= 15 is 0 Å². The maximum Gasteiger partial charge on any atom is 0.0783 e. The van der Waals surface area contributed by atoms with Crippen LogP contribution in [-0.4, -0.2) is 24.3 Å². The first-order valence-corrected chi connectivity index (χ1v) is 4.55. The SMILES string of the molecule is CNCC(C)(O)Cc1ccccc1. The van der Waals surface area contributed by atoms with E-state index in [1.54, 1.807) is 0 Å². The van der Waals surface area contributed by atoms with Gasteiger partial charge in [0.1, 0.15) is 0 Å². The van der Waals surface area contributed by atoms with Crippen LogP contribution in [0.5, 0.6) is 0 Å². The van der Waals surface area contributed by atoms with E-state index in [4.69, 9.17) is 0 Å². The van der Waals surface area contributed by atoms with Crippen LogP contribution >= 0.6 is 0 Å². The first-order valence-electron chi connectivity index (χ1n) is 4.55. The fourth-order valence-electron chi connectivity index (χ4n) is 1.48. The summed E-state index contributed by atoms with van der Waals surface area (Å²) in [4.78, 5) is 0. The Morgan fingerprint density at radius 1 is 1.31 bits per heavy atom. The lowest BCUT2D eigenvalue weighted by molar-refractivity contribution is 0.0622. The maximum atomic E-state index is 9.91. The first-order chi connectivity index (χ1) is 6.14. The van der Waals surface area contributed by atoms with Crippen LogP contribution in [0.1, 0.15) is 12.5 Å². The van der Waals surface area contributed by atoms with Crippen LogP contribution in [0.3, 0.4) is 0 Å². The van der Waals surface area contributed by atoms with Crippen LogP contribution in [0.25, 0.3) is 0 Å². The lowest BCUT2D eigenvalue weighted by Gasteiger charge is -2.22. The Morgan fingerprint density at radius 3 is 2.46 bits per heavy atom. The second kappa shape index (κ2) is 4.40. The van der Waals surface area contributed by atoms with Crippen molar-refractivity contribution in [2.75, 3.05) is 13.6 Å². The third kappa shape index (κ3) is 3.57. The lowest BCUT2D eigenvalue weighted by Crippen LogP contribution is -2.38. The lowest BCUT2D eigenvalue weighted by atomic mass is 9.97. The number of hydrogen-bond acceptors (Lipinski definition) is 2. The summed E-state index contributed by atoms with van der Waals surface area (Å²) in [6, 6.07) is 10.0. The number of benzene rings is 1. The Bertz CT molecular complexity index is 244. The molecule has 2 heteroatoms. The van der Waals surface area contributed by atoms with E-state index in [1.165, 1.54) is 5.56 Å². The van der Waals surface area contributed by atoms with E-state index in [-0.39, 0.29) is 0 Å². The molecule has 0 aliphatic carbocycles. The predicted octanol–water partition coefficient (Wildman–Crippen LogP) is 1.20. The van der Waals surface area contributed by atoms with Gasteiger partial charge >= 0.3 is 0 Å². The number of hydrogen-bond donors (Lipinski definition) is 2. The molecule has 1 aromatic rings. The second-order valence-electron chi connectivity index (χ2n) is 3.69. The van der Waals surface area contributed by atoms with Gasteiger partial charge in [0.15, 0.2) is 0 Å². The van der Waals surface area contributed by atoms with Crippen LogP contribution in [0.4, 0.5) is 0 Å². The Hall–Kier alpha value is -0.860. The quantitative estimate of drug-likeness (QED) is 0.728. The van der Waals surface area contributed by atoms with Gasteiger partial charge < -0.3 is 10.4 Å². The number of rotatable bonds is 4. The predicted molar refractivity (Wildman–Crippen MR) is 54.7 cm³/mol. The van der Waals surface area contributed by atoms with Crippen molar-refractivity contribution in [3.63, 3.8) is 0 Å². The molecule has 0 saturated heterocycles. The normalized spacial score (nSPS) is 15.3. The third-order valence-electron chi connectivity index (χ3n) is 1.99. The van der Waals surface area contributed by atoms with Gasteiger partial charge in [0.05, 0.1) is 5.60 Å². The van der Waals surface area contributed by atoms with Gasteiger partial charge in [-0.3, -0.25) is 0 Å². The summed E-state index contributed by atoms with van der Waals surface area (Å²) in [5.41, 5.74) is 0.513. The van der Waals surface area contributed by atoms with Gasteiger partial charge in [0.2, 0.25) is 0 Å². The Balaban J connectivity index is 2.58. The highest BCUT2D eigenvalue weighted by Crippen LogP contribution is 2.11. The van der Waals surface area contributed by atoms with Crippen molar-refractivity contribution in [3.8, 4) is 0 Å². The van der Waals surface area contributed by atoms with Gasteiger partial charge in [-0.25, -0.2) is 0 Å². The summed E-state index contributed by atoms with van der Waals surface area (Å²) in [5, 5.41) is 12.9. The van der Waals surface area contributed by atoms with Crippen LogP contribution in [0.15, 0.2) is 30.3 Å². The van der Waals surface area contributed by atoms with Crippen molar-refractivity contribution in [2.45, 2.75) is 18.9 Å². The van der Waals surface area contributed by atoms with E-state index in [1.807, 2.05) is 44.3 Å². The van der Waals surface area contributed by atoms with Gasteiger partial charge in [0, 0.05) is 13.0 Å². The van der Waals surface area contributed by atoms with E-state index in [9.17, 15) is 5.11 Å². The standard InChI is InChI=1S/C11H17NO/c1-11(13,9-12-2)8-10-6-4-3-5-7-10/h3-7,12-13H,8-9H2,1-2H3. The highest BCUT2D eigenvalue weighted by Gasteiger charge is 2.19. The van der Waals surface area contributed by atoms with Crippen LogP contribution in [-0.2, 0) is 6.42 Å². The second-order valence-corrected chi connectivity index (χ2v) is 3.69. The van der Waals surface area contributed by atoms with Crippen molar-refractivity contribution >= 4 is 0 Å². The molecule has 72 valence electrons. The van der Waals surface area contributed by atoms with Crippen molar-refractivity contribution in [2.24, 2.45) is 0 Å². The third-order valence-corrected chi connectivity index (χ3v) is 1.99. The molecular formula is C11H17NO. The van der Waals surface area contributed by atoms with Crippen molar-refractivity contribution in [1.82, 2.24) is 5.32 Å². The van der Waals surface area contributed by atoms with Crippen molar-refractivity contribution in [1.29, 1.82) is 0 Å². The number of likely N-dealkylation sites (N-methyl/N-ethyl adjacent to an activating group) is 1. The molecule has 0 fully saturated rings. The molecule has 0 amide bonds. The fraction of sp³-hybridized carbons (Fsp3) is 0.455. The monoisotopic (exact) mass is 179 g/mol. The number of aliphatic hydroxyl groups is 1. The van der Waals surface area contributed by atoms with Crippen molar-refractivity contribution < 1.29 is 5.11 Å². The molecule has 2 nitrogen and oxygen atoms in total. The topological polar surface area (TPSA) is 32.3 Å². The largest absolute Gasteiger partial charge is 0.389 e. The minimum Gasteiger partial charge on any atom is -0.389 e. The van der Waals surface area contributed by atoms with Crippen molar-refractivity contribution in [3.05, 3.63) is 35.9 Å². The number of nitrogens with one attached hydrogen (secondary N) is 1. The smallest absolute Gasteiger partial charge is 0.0783 e. The summed E-state index contributed by atoms with van der Waals surface area (Å²) >= 11 is 0. The molecular weight excluding hydrogens is 162 g/mol. The van der Waals surface area contributed by atoms with Gasteiger partial charge in [-0.2, -0.15) is 0 Å². The van der Waals surface area contributed by atoms with Gasteiger partial charge in [-0.15, -0.1) is 0 Å². The van der Waals surface area contributed by atoms with Gasteiger partial charge in [0.25, 0.3) is 0 Å². The molecule has 1 aromatic carbocycles. The summed E-state index contributed by atoms with van der Waals surface area (Å²) in [5.74, 6) is 0. The van der Waals surface area contributed by atoms with E-state index in [2.05, 4.69) is 5.32 Å². The zero-order chi connectivity index (χ0) is 9.73.